The van der Waals surface area contributed by atoms with Crippen LogP contribution in [0.5, 0.6) is 17.2 Å². The van der Waals surface area contributed by atoms with Crippen LogP contribution < -0.4 is 14.2 Å². The monoisotopic (exact) mass is 524 g/mol. The molecule has 0 saturated carbocycles. The summed E-state index contributed by atoms with van der Waals surface area (Å²) in [4.78, 5) is 5.14. The highest BCUT2D eigenvalue weighted by atomic mass is 32.2. The average Bonchev–Trinajstić information content (AvgIpc) is 3.28. The first-order chi connectivity index (χ1) is 16.9. The van der Waals surface area contributed by atoms with Crippen LogP contribution in [0.15, 0.2) is 86.9 Å². The normalized spacial score (nSPS) is 11.6. The molecular formula is C25H20N2O5S3. The molecule has 4 aromatic carbocycles. The minimum Gasteiger partial charge on any atom is -0.506 e. The molecule has 1 aromatic heterocycles. The van der Waals surface area contributed by atoms with Crippen LogP contribution in [0.4, 0.5) is 5.69 Å². The van der Waals surface area contributed by atoms with Gasteiger partial charge in [-0.1, -0.05) is 48.2 Å². The molecule has 5 aromatic rings. The van der Waals surface area contributed by atoms with Crippen LogP contribution in [0, 0.1) is 0 Å². The summed E-state index contributed by atoms with van der Waals surface area (Å²) in [5.41, 5.74) is 1.21. The largest absolute Gasteiger partial charge is 0.506 e. The number of benzene rings is 4. The SMILES string of the molecule is COc1ccc(S(=O)(=O)Nc2cc(Sc3nc4ccccc4s3)c(O)c3ccccc23)cc1OC. The van der Waals surface area contributed by atoms with E-state index < -0.39 is 10.0 Å². The standard InChI is InChI=1S/C25H20N2O5S3/c1-31-20-12-11-15(13-21(20)32-2)35(29,30)27-19-14-23(24(28)17-8-4-3-7-16(17)19)34-25-26-18-9-5-6-10-22(18)33-25/h3-14,27-28H,1-2H3. The number of phenols is 1. The fourth-order valence-electron chi connectivity index (χ4n) is 3.67. The third-order valence-corrected chi connectivity index (χ3v) is 8.85. The molecule has 0 amide bonds. The lowest BCUT2D eigenvalue weighted by Crippen LogP contribution is -2.13. The number of anilines is 1. The number of ether oxygens (including phenoxy) is 2. The Balaban J connectivity index is 1.57. The average molecular weight is 525 g/mol. The van der Waals surface area contributed by atoms with Gasteiger partial charge in [0.2, 0.25) is 0 Å². The van der Waals surface area contributed by atoms with E-state index in [2.05, 4.69) is 9.71 Å². The van der Waals surface area contributed by atoms with Crippen molar-refractivity contribution >= 4 is 59.8 Å². The quantitative estimate of drug-likeness (QED) is 0.247. The number of aromatic nitrogens is 1. The van der Waals surface area contributed by atoms with E-state index in [4.69, 9.17) is 9.47 Å². The molecule has 0 aliphatic heterocycles. The topological polar surface area (TPSA) is 97.8 Å². The minimum absolute atomic E-state index is 0.0210. The minimum atomic E-state index is -3.97. The van der Waals surface area contributed by atoms with Crippen LogP contribution in [-0.2, 0) is 10.0 Å². The molecule has 0 bridgehead atoms. The molecule has 2 N–H and O–H groups in total. The third kappa shape index (κ3) is 4.47. The van der Waals surface area contributed by atoms with E-state index >= 15 is 0 Å². The molecule has 5 rings (SSSR count). The lowest BCUT2D eigenvalue weighted by atomic mass is 10.1. The van der Waals surface area contributed by atoms with Crippen LogP contribution >= 0.6 is 23.1 Å². The fourth-order valence-corrected chi connectivity index (χ4v) is 6.88. The summed E-state index contributed by atoms with van der Waals surface area (Å²) in [7, 11) is -1.05. The Morgan fingerprint density at radius 1 is 0.914 bits per heavy atom. The van der Waals surface area contributed by atoms with Gasteiger partial charge < -0.3 is 14.6 Å². The number of nitrogens with one attached hydrogen (secondary N) is 1. The summed E-state index contributed by atoms with van der Waals surface area (Å²) in [5, 5.41) is 12.1. The van der Waals surface area contributed by atoms with Crippen molar-refractivity contribution in [1.82, 2.24) is 4.98 Å². The second-order valence-electron chi connectivity index (χ2n) is 7.49. The molecular weight excluding hydrogens is 504 g/mol. The number of sulfonamides is 1. The maximum Gasteiger partial charge on any atom is 0.262 e. The van der Waals surface area contributed by atoms with E-state index in [9.17, 15) is 13.5 Å². The zero-order valence-electron chi connectivity index (χ0n) is 18.7. The van der Waals surface area contributed by atoms with E-state index in [-0.39, 0.29) is 10.6 Å². The van der Waals surface area contributed by atoms with E-state index in [1.54, 1.807) is 30.3 Å². The number of nitrogens with zero attached hydrogens (tertiary/aromatic N) is 1. The van der Waals surface area contributed by atoms with Gasteiger partial charge in [0, 0.05) is 16.8 Å². The number of rotatable bonds is 7. The third-order valence-electron chi connectivity index (χ3n) is 5.36. The van der Waals surface area contributed by atoms with Crippen molar-refractivity contribution in [3.63, 3.8) is 0 Å². The van der Waals surface area contributed by atoms with Gasteiger partial charge in [-0.05, 0) is 30.3 Å². The summed E-state index contributed by atoms with van der Waals surface area (Å²) >= 11 is 2.79. The zero-order chi connectivity index (χ0) is 24.6. The second-order valence-corrected chi connectivity index (χ2v) is 11.5. The van der Waals surface area contributed by atoms with Crippen molar-refractivity contribution in [2.45, 2.75) is 14.1 Å². The summed E-state index contributed by atoms with van der Waals surface area (Å²) in [5.74, 6) is 0.799. The molecule has 0 aliphatic carbocycles. The molecule has 1 heterocycles. The Hall–Kier alpha value is -3.47. The summed E-state index contributed by atoms with van der Waals surface area (Å²) in [6.45, 7) is 0. The molecule has 10 heteroatoms. The van der Waals surface area contributed by atoms with Crippen LogP contribution in [0.25, 0.3) is 21.0 Å². The Labute approximate surface area is 210 Å². The van der Waals surface area contributed by atoms with Gasteiger partial charge in [-0.15, -0.1) is 11.3 Å². The summed E-state index contributed by atoms with van der Waals surface area (Å²) < 4.78 is 41.5. The molecule has 178 valence electrons. The zero-order valence-corrected chi connectivity index (χ0v) is 21.1. The molecule has 0 spiro atoms. The van der Waals surface area contributed by atoms with E-state index in [1.807, 2.05) is 24.3 Å². The fraction of sp³-hybridized carbons (Fsp3) is 0.0800. The van der Waals surface area contributed by atoms with E-state index in [0.717, 1.165) is 14.6 Å². The Morgan fingerprint density at radius 3 is 2.37 bits per heavy atom. The highest BCUT2D eigenvalue weighted by Crippen LogP contribution is 2.44. The van der Waals surface area contributed by atoms with Gasteiger partial charge >= 0.3 is 0 Å². The van der Waals surface area contributed by atoms with E-state index in [0.29, 0.717) is 32.9 Å². The molecule has 35 heavy (non-hydrogen) atoms. The van der Waals surface area contributed by atoms with Gasteiger partial charge in [-0.25, -0.2) is 13.4 Å². The van der Waals surface area contributed by atoms with Crippen molar-refractivity contribution in [2.75, 3.05) is 18.9 Å². The highest BCUT2D eigenvalue weighted by molar-refractivity contribution is 8.01. The van der Waals surface area contributed by atoms with Gasteiger partial charge in [0.25, 0.3) is 10.0 Å². The molecule has 0 radical (unpaired) electrons. The Bertz CT molecular complexity index is 1630. The van der Waals surface area contributed by atoms with Gasteiger partial charge in [0.15, 0.2) is 15.8 Å². The maximum absolute atomic E-state index is 13.3. The number of fused-ring (bicyclic) bond motifs is 2. The van der Waals surface area contributed by atoms with Crippen molar-refractivity contribution in [3.8, 4) is 17.2 Å². The van der Waals surface area contributed by atoms with E-state index in [1.165, 1.54) is 55.5 Å². The highest BCUT2D eigenvalue weighted by Gasteiger charge is 2.21. The van der Waals surface area contributed by atoms with Crippen molar-refractivity contribution in [1.29, 1.82) is 0 Å². The van der Waals surface area contributed by atoms with Crippen LogP contribution in [0.3, 0.4) is 0 Å². The number of thiazole rings is 1. The Kier molecular flexibility index (Phi) is 6.18. The number of phenolic OH excluding ortho intramolecular Hbond substituents is 1. The first-order valence-electron chi connectivity index (χ1n) is 10.4. The Morgan fingerprint density at radius 2 is 1.63 bits per heavy atom. The second kappa shape index (κ2) is 9.29. The lowest BCUT2D eigenvalue weighted by molar-refractivity contribution is 0.354. The predicted molar refractivity (Wildman–Crippen MR) is 140 cm³/mol. The molecule has 0 unspecified atom stereocenters. The first kappa shape index (κ1) is 23.3. The smallest absolute Gasteiger partial charge is 0.262 e. The summed E-state index contributed by atoms with van der Waals surface area (Å²) in [6.07, 6.45) is 0. The van der Waals surface area contributed by atoms with Crippen molar-refractivity contribution < 1.29 is 23.0 Å². The number of hydrogen-bond acceptors (Lipinski definition) is 8. The molecule has 0 aliphatic rings. The molecule has 7 nitrogen and oxygen atoms in total. The number of para-hydroxylation sites is 1. The summed E-state index contributed by atoms with van der Waals surface area (Å²) in [6, 6.07) is 20.9. The first-order valence-corrected chi connectivity index (χ1v) is 13.5. The van der Waals surface area contributed by atoms with Crippen molar-refractivity contribution in [3.05, 3.63) is 72.8 Å². The molecule has 0 saturated heterocycles. The van der Waals surface area contributed by atoms with Crippen LogP contribution in [-0.4, -0.2) is 32.7 Å². The lowest BCUT2D eigenvalue weighted by Gasteiger charge is -2.15. The van der Waals surface area contributed by atoms with Gasteiger partial charge in [-0.3, -0.25) is 4.72 Å². The number of aromatic hydroxyl groups is 1. The van der Waals surface area contributed by atoms with Crippen LogP contribution in [0.1, 0.15) is 0 Å². The molecule has 0 atom stereocenters. The van der Waals surface area contributed by atoms with Gasteiger partial charge in [0.05, 0.1) is 39.9 Å². The number of methoxy groups -OCH3 is 2. The van der Waals surface area contributed by atoms with Gasteiger partial charge in [0.1, 0.15) is 5.75 Å². The van der Waals surface area contributed by atoms with Crippen molar-refractivity contribution in [2.24, 2.45) is 0 Å². The van der Waals surface area contributed by atoms with Crippen LogP contribution in [0.2, 0.25) is 0 Å². The molecule has 0 fully saturated rings. The van der Waals surface area contributed by atoms with Gasteiger partial charge in [-0.2, -0.15) is 0 Å². The predicted octanol–water partition coefficient (Wildman–Crippen LogP) is 6.12. The maximum atomic E-state index is 13.3. The number of hydrogen-bond donors (Lipinski definition) is 2.